The largest absolute Gasteiger partial charge is 0.493 e. The minimum Gasteiger partial charge on any atom is -0.493 e. The van der Waals surface area contributed by atoms with Gasteiger partial charge in [0.15, 0.2) is 11.5 Å². The topological polar surface area (TPSA) is 93.7 Å². The van der Waals surface area contributed by atoms with Gasteiger partial charge in [-0.2, -0.15) is 0 Å². The summed E-state index contributed by atoms with van der Waals surface area (Å²) in [6.45, 7) is 1.97. The summed E-state index contributed by atoms with van der Waals surface area (Å²) in [5.41, 5.74) is 1.74. The summed E-state index contributed by atoms with van der Waals surface area (Å²) in [6, 6.07) is 11.6. The number of rotatable bonds is 8. The summed E-state index contributed by atoms with van der Waals surface area (Å²) in [7, 11) is -0.223. The molecule has 0 bridgehead atoms. The standard InChI is InChI=1S/C19H24N2O5S/c1-5-16(14-8-11-17(25-2)18(12-14)26-3)20-19(22)13-6-9-15(10-7-13)21-27(4,23)24/h6-12,16,21H,5H2,1-4H3,(H,20,22)/t16-/m1/s1. The van der Waals surface area contributed by atoms with E-state index >= 15 is 0 Å². The van der Waals surface area contributed by atoms with Crippen LogP contribution in [0.3, 0.4) is 0 Å². The molecule has 0 unspecified atom stereocenters. The van der Waals surface area contributed by atoms with E-state index in [4.69, 9.17) is 9.47 Å². The zero-order valence-electron chi connectivity index (χ0n) is 15.8. The highest BCUT2D eigenvalue weighted by atomic mass is 32.2. The van der Waals surface area contributed by atoms with Crippen molar-refractivity contribution in [3.63, 3.8) is 0 Å². The van der Waals surface area contributed by atoms with Crippen LogP contribution in [0.1, 0.15) is 35.3 Å². The lowest BCUT2D eigenvalue weighted by Crippen LogP contribution is -2.28. The Morgan fingerprint density at radius 3 is 2.19 bits per heavy atom. The number of methoxy groups -OCH3 is 2. The molecule has 7 nitrogen and oxygen atoms in total. The van der Waals surface area contributed by atoms with Crippen LogP contribution in [-0.4, -0.2) is 34.8 Å². The van der Waals surface area contributed by atoms with Crippen LogP contribution < -0.4 is 19.5 Å². The van der Waals surface area contributed by atoms with Crippen molar-refractivity contribution in [3.05, 3.63) is 53.6 Å². The van der Waals surface area contributed by atoms with Crippen molar-refractivity contribution >= 4 is 21.6 Å². The first-order valence-corrected chi connectivity index (χ1v) is 10.3. The van der Waals surface area contributed by atoms with Gasteiger partial charge >= 0.3 is 0 Å². The minimum atomic E-state index is -3.35. The third-order valence-corrected chi connectivity index (χ3v) is 4.58. The van der Waals surface area contributed by atoms with Gasteiger partial charge in [-0.15, -0.1) is 0 Å². The zero-order chi connectivity index (χ0) is 20.0. The van der Waals surface area contributed by atoms with E-state index in [0.29, 0.717) is 29.2 Å². The second-order valence-corrected chi connectivity index (χ2v) is 7.75. The van der Waals surface area contributed by atoms with Crippen LogP contribution in [-0.2, 0) is 10.0 Å². The number of sulfonamides is 1. The van der Waals surface area contributed by atoms with Crippen LogP contribution in [0.5, 0.6) is 11.5 Å². The molecular formula is C19H24N2O5S. The third-order valence-electron chi connectivity index (χ3n) is 3.97. The van der Waals surface area contributed by atoms with Crippen LogP contribution in [0.4, 0.5) is 5.69 Å². The number of nitrogens with one attached hydrogen (secondary N) is 2. The van der Waals surface area contributed by atoms with Gasteiger partial charge in [0.25, 0.3) is 5.91 Å². The first-order chi connectivity index (χ1) is 12.8. The lowest BCUT2D eigenvalue weighted by Gasteiger charge is -2.19. The fourth-order valence-electron chi connectivity index (χ4n) is 2.64. The van der Waals surface area contributed by atoms with E-state index in [0.717, 1.165) is 11.8 Å². The van der Waals surface area contributed by atoms with Crippen molar-refractivity contribution in [2.75, 3.05) is 25.2 Å². The number of anilines is 1. The number of hydrogen-bond donors (Lipinski definition) is 2. The SMILES string of the molecule is CC[C@@H](NC(=O)c1ccc(NS(C)(=O)=O)cc1)c1ccc(OC)c(OC)c1. The molecule has 0 aliphatic heterocycles. The maximum Gasteiger partial charge on any atom is 0.251 e. The summed E-state index contributed by atoms with van der Waals surface area (Å²) in [5.74, 6) is 0.970. The van der Waals surface area contributed by atoms with Gasteiger partial charge in [0, 0.05) is 11.3 Å². The Morgan fingerprint density at radius 2 is 1.67 bits per heavy atom. The van der Waals surface area contributed by atoms with Crippen LogP contribution in [0.15, 0.2) is 42.5 Å². The second-order valence-electron chi connectivity index (χ2n) is 6.00. The van der Waals surface area contributed by atoms with E-state index in [1.54, 1.807) is 44.6 Å². The van der Waals surface area contributed by atoms with Crippen molar-refractivity contribution in [3.8, 4) is 11.5 Å². The Hall–Kier alpha value is -2.74. The molecule has 0 spiro atoms. The van der Waals surface area contributed by atoms with Crippen molar-refractivity contribution in [2.45, 2.75) is 19.4 Å². The van der Waals surface area contributed by atoms with E-state index in [1.165, 1.54) is 0 Å². The molecule has 0 radical (unpaired) electrons. The second kappa shape index (κ2) is 8.77. The van der Waals surface area contributed by atoms with Crippen molar-refractivity contribution in [1.82, 2.24) is 5.32 Å². The van der Waals surface area contributed by atoms with Gasteiger partial charge in [0.05, 0.1) is 26.5 Å². The van der Waals surface area contributed by atoms with Crippen LogP contribution in [0.2, 0.25) is 0 Å². The van der Waals surface area contributed by atoms with Gasteiger partial charge < -0.3 is 14.8 Å². The van der Waals surface area contributed by atoms with Crippen molar-refractivity contribution < 1.29 is 22.7 Å². The van der Waals surface area contributed by atoms with Gasteiger partial charge in [-0.05, 0) is 48.4 Å². The Labute approximate surface area is 159 Å². The Kier molecular flexibility index (Phi) is 6.68. The summed E-state index contributed by atoms with van der Waals surface area (Å²) in [4.78, 5) is 12.6. The Balaban J connectivity index is 2.15. The summed E-state index contributed by atoms with van der Waals surface area (Å²) < 4.78 is 35.4. The molecule has 2 aromatic rings. The Bertz CT molecular complexity index is 895. The van der Waals surface area contributed by atoms with E-state index in [2.05, 4.69) is 10.0 Å². The third kappa shape index (κ3) is 5.62. The molecule has 2 aromatic carbocycles. The monoisotopic (exact) mass is 392 g/mol. The first-order valence-electron chi connectivity index (χ1n) is 8.38. The summed E-state index contributed by atoms with van der Waals surface area (Å²) in [5, 5.41) is 2.98. The van der Waals surface area contributed by atoms with Gasteiger partial charge in [0.2, 0.25) is 10.0 Å². The fraction of sp³-hybridized carbons (Fsp3) is 0.316. The summed E-state index contributed by atoms with van der Waals surface area (Å²) in [6.07, 6.45) is 1.76. The van der Waals surface area contributed by atoms with E-state index in [1.807, 2.05) is 19.1 Å². The first kappa shape index (κ1) is 20.6. The molecule has 1 atom stereocenters. The van der Waals surface area contributed by atoms with Crippen molar-refractivity contribution in [1.29, 1.82) is 0 Å². The van der Waals surface area contributed by atoms with Crippen molar-refractivity contribution in [2.24, 2.45) is 0 Å². The average molecular weight is 392 g/mol. The lowest BCUT2D eigenvalue weighted by atomic mass is 10.0. The van der Waals surface area contributed by atoms with Gasteiger partial charge in [-0.1, -0.05) is 13.0 Å². The molecule has 1 amide bonds. The molecular weight excluding hydrogens is 368 g/mol. The number of benzene rings is 2. The van der Waals surface area contributed by atoms with Crippen LogP contribution >= 0.6 is 0 Å². The van der Waals surface area contributed by atoms with E-state index < -0.39 is 10.0 Å². The Morgan fingerprint density at radius 1 is 1.04 bits per heavy atom. The molecule has 0 fully saturated rings. The molecule has 0 saturated heterocycles. The molecule has 27 heavy (non-hydrogen) atoms. The fourth-order valence-corrected chi connectivity index (χ4v) is 3.20. The summed E-state index contributed by atoms with van der Waals surface area (Å²) >= 11 is 0. The van der Waals surface area contributed by atoms with E-state index in [-0.39, 0.29) is 11.9 Å². The average Bonchev–Trinajstić information content (AvgIpc) is 2.64. The normalized spacial score (nSPS) is 12.1. The zero-order valence-corrected chi connectivity index (χ0v) is 16.6. The highest BCUT2D eigenvalue weighted by molar-refractivity contribution is 7.92. The lowest BCUT2D eigenvalue weighted by molar-refractivity contribution is 0.0935. The molecule has 0 aromatic heterocycles. The highest BCUT2D eigenvalue weighted by Gasteiger charge is 2.16. The van der Waals surface area contributed by atoms with Gasteiger partial charge in [-0.3, -0.25) is 9.52 Å². The predicted molar refractivity (Wildman–Crippen MR) is 105 cm³/mol. The number of carbonyl (C=O) groups is 1. The molecule has 2 rings (SSSR count). The van der Waals surface area contributed by atoms with E-state index in [9.17, 15) is 13.2 Å². The molecule has 0 heterocycles. The minimum absolute atomic E-state index is 0.203. The number of ether oxygens (including phenoxy) is 2. The maximum atomic E-state index is 12.6. The molecule has 0 saturated carbocycles. The van der Waals surface area contributed by atoms with Gasteiger partial charge in [0.1, 0.15) is 0 Å². The number of amides is 1. The molecule has 0 aliphatic carbocycles. The molecule has 0 aliphatic rings. The molecule has 2 N–H and O–H groups in total. The predicted octanol–water partition coefficient (Wildman–Crippen LogP) is 2.96. The van der Waals surface area contributed by atoms with Gasteiger partial charge in [-0.25, -0.2) is 8.42 Å². The number of hydrogen-bond acceptors (Lipinski definition) is 5. The maximum absolute atomic E-state index is 12.6. The smallest absolute Gasteiger partial charge is 0.251 e. The quantitative estimate of drug-likeness (QED) is 0.720. The van der Waals surface area contributed by atoms with Crippen LogP contribution in [0.25, 0.3) is 0 Å². The molecule has 146 valence electrons. The molecule has 8 heteroatoms. The highest BCUT2D eigenvalue weighted by Crippen LogP contribution is 2.31. The number of carbonyl (C=O) groups excluding carboxylic acids is 1. The van der Waals surface area contributed by atoms with Crippen LogP contribution in [0, 0.1) is 0 Å².